The van der Waals surface area contributed by atoms with Gasteiger partial charge in [0.15, 0.2) is 0 Å². The topological polar surface area (TPSA) is 41.5 Å². The fourth-order valence-electron chi connectivity index (χ4n) is 2.91. The summed E-state index contributed by atoms with van der Waals surface area (Å²) in [6.07, 6.45) is 3.28. The monoisotopic (exact) mass is 319 g/mol. The minimum Gasteiger partial charge on any atom is -0.434 e. The van der Waals surface area contributed by atoms with Gasteiger partial charge in [-0.15, -0.1) is 0 Å². The van der Waals surface area contributed by atoms with Gasteiger partial charge in [-0.1, -0.05) is 18.0 Å². The van der Waals surface area contributed by atoms with Gasteiger partial charge < -0.3 is 15.2 Å². The number of ether oxygens (including phenoxy) is 1. The van der Waals surface area contributed by atoms with E-state index in [2.05, 4.69) is 10.1 Å². The van der Waals surface area contributed by atoms with Crippen LogP contribution >= 0.6 is 11.6 Å². The molecular formula is C15H20ClF2NO2. The van der Waals surface area contributed by atoms with Crippen LogP contribution in [-0.4, -0.2) is 24.9 Å². The van der Waals surface area contributed by atoms with Crippen molar-refractivity contribution in [1.29, 1.82) is 0 Å². The molecule has 0 heterocycles. The van der Waals surface area contributed by atoms with Crippen molar-refractivity contribution in [2.45, 2.75) is 32.4 Å². The average molecular weight is 320 g/mol. The van der Waals surface area contributed by atoms with E-state index in [1.165, 1.54) is 12.1 Å². The van der Waals surface area contributed by atoms with E-state index < -0.39 is 6.61 Å². The van der Waals surface area contributed by atoms with Crippen LogP contribution in [0.5, 0.6) is 5.75 Å². The van der Waals surface area contributed by atoms with Gasteiger partial charge in [0.05, 0.1) is 0 Å². The molecule has 2 N–H and O–H groups in total. The summed E-state index contributed by atoms with van der Waals surface area (Å²) in [4.78, 5) is 0. The fourth-order valence-corrected chi connectivity index (χ4v) is 3.11. The molecule has 118 valence electrons. The van der Waals surface area contributed by atoms with Crippen molar-refractivity contribution in [1.82, 2.24) is 5.32 Å². The van der Waals surface area contributed by atoms with Crippen molar-refractivity contribution in [3.63, 3.8) is 0 Å². The van der Waals surface area contributed by atoms with E-state index in [0.717, 1.165) is 25.8 Å². The Balaban J connectivity index is 1.91. The van der Waals surface area contributed by atoms with E-state index >= 15 is 0 Å². The Morgan fingerprint density at radius 3 is 2.81 bits per heavy atom. The third kappa shape index (κ3) is 4.80. The van der Waals surface area contributed by atoms with Crippen molar-refractivity contribution < 1.29 is 18.6 Å². The van der Waals surface area contributed by atoms with E-state index in [9.17, 15) is 13.9 Å². The van der Waals surface area contributed by atoms with Crippen LogP contribution in [0.2, 0.25) is 5.02 Å². The van der Waals surface area contributed by atoms with E-state index in [-0.39, 0.29) is 12.4 Å². The maximum Gasteiger partial charge on any atom is 0.387 e. The second kappa shape index (κ2) is 7.92. The van der Waals surface area contributed by atoms with Crippen molar-refractivity contribution in [3.8, 4) is 5.75 Å². The van der Waals surface area contributed by atoms with Crippen LogP contribution in [0, 0.1) is 11.8 Å². The Morgan fingerprint density at radius 2 is 2.10 bits per heavy atom. The Hall–Kier alpha value is -0.910. The highest BCUT2D eigenvalue weighted by atomic mass is 35.5. The number of aliphatic hydroxyl groups is 1. The smallest absolute Gasteiger partial charge is 0.387 e. The van der Waals surface area contributed by atoms with E-state index in [0.29, 0.717) is 29.0 Å². The largest absolute Gasteiger partial charge is 0.434 e. The van der Waals surface area contributed by atoms with E-state index in [4.69, 9.17) is 11.6 Å². The molecule has 0 bridgehead atoms. The van der Waals surface area contributed by atoms with Gasteiger partial charge in [-0.2, -0.15) is 8.78 Å². The molecule has 1 saturated carbocycles. The van der Waals surface area contributed by atoms with Crippen LogP contribution < -0.4 is 10.1 Å². The number of benzene rings is 1. The molecule has 2 rings (SSSR count). The first-order chi connectivity index (χ1) is 10.1. The van der Waals surface area contributed by atoms with Crippen molar-refractivity contribution in [3.05, 3.63) is 28.8 Å². The summed E-state index contributed by atoms with van der Waals surface area (Å²) in [5.41, 5.74) is 0.612. The molecule has 1 fully saturated rings. The van der Waals surface area contributed by atoms with Crippen LogP contribution in [-0.2, 0) is 6.54 Å². The van der Waals surface area contributed by atoms with Crippen LogP contribution in [0.25, 0.3) is 0 Å². The first kappa shape index (κ1) is 16.5. The first-order valence-corrected chi connectivity index (χ1v) is 7.52. The van der Waals surface area contributed by atoms with Crippen molar-refractivity contribution in [2.24, 2.45) is 11.8 Å². The molecular weight excluding hydrogens is 300 g/mol. The van der Waals surface area contributed by atoms with Crippen LogP contribution in [0.4, 0.5) is 8.78 Å². The molecule has 1 aliphatic carbocycles. The molecule has 0 amide bonds. The van der Waals surface area contributed by atoms with Crippen LogP contribution in [0.3, 0.4) is 0 Å². The van der Waals surface area contributed by atoms with Crippen molar-refractivity contribution >= 4 is 11.6 Å². The van der Waals surface area contributed by atoms with Gasteiger partial charge in [0.2, 0.25) is 0 Å². The fraction of sp³-hybridized carbons (Fsp3) is 0.600. The molecule has 2 unspecified atom stereocenters. The highest BCUT2D eigenvalue weighted by Crippen LogP contribution is 2.31. The molecule has 21 heavy (non-hydrogen) atoms. The number of nitrogens with one attached hydrogen (secondary N) is 1. The lowest BCUT2D eigenvalue weighted by Crippen LogP contribution is -2.26. The summed E-state index contributed by atoms with van der Waals surface area (Å²) in [6.45, 7) is -1.47. The molecule has 6 heteroatoms. The number of rotatable bonds is 7. The highest BCUT2D eigenvalue weighted by molar-refractivity contribution is 6.30. The molecule has 0 aliphatic heterocycles. The molecule has 1 aromatic rings. The van der Waals surface area contributed by atoms with Gasteiger partial charge in [-0.3, -0.25) is 0 Å². The van der Waals surface area contributed by atoms with Gasteiger partial charge in [-0.25, -0.2) is 0 Å². The number of hydrogen-bond donors (Lipinski definition) is 2. The molecule has 1 aliphatic rings. The normalized spacial score (nSPS) is 22.0. The number of aliphatic hydroxyl groups excluding tert-OH is 1. The zero-order valence-electron chi connectivity index (χ0n) is 11.7. The molecule has 0 radical (unpaired) electrons. The average Bonchev–Trinajstić information content (AvgIpc) is 2.89. The Kier molecular flexibility index (Phi) is 6.21. The molecule has 2 atom stereocenters. The number of halogens is 3. The summed E-state index contributed by atoms with van der Waals surface area (Å²) in [7, 11) is 0. The quantitative estimate of drug-likeness (QED) is 0.809. The second-order valence-corrected chi connectivity index (χ2v) is 5.83. The number of hydrogen-bond acceptors (Lipinski definition) is 3. The predicted molar refractivity (Wildman–Crippen MR) is 77.7 cm³/mol. The highest BCUT2D eigenvalue weighted by Gasteiger charge is 2.26. The summed E-state index contributed by atoms with van der Waals surface area (Å²) in [6, 6.07) is 4.61. The third-order valence-electron chi connectivity index (χ3n) is 4.01. The minimum atomic E-state index is -2.85. The Morgan fingerprint density at radius 1 is 1.33 bits per heavy atom. The van der Waals surface area contributed by atoms with Crippen LogP contribution in [0.1, 0.15) is 24.8 Å². The predicted octanol–water partition coefficient (Wildman–Crippen LogP) is 3.44. The molecule has 0 saturated heterocycles. The van der Waals surface area contributed by atoms with E-state index in [1.54, 1.807) is 6.07 Å². The second-order valence-electron chi connectivity index (χ2n) is 5.40. The molecule has 1 aromatic carbocycles. The lowest BCUT2D eigenvalue weighted by atomic mass is 9.97. The third-order valence-corrected chi connectivity index (χ3v) is 4.25. The molecule has 0 spiro atoms. The molecule has 0 aromatic heterocycles. The zero-order valence-corrected chi connectivity index (χ0v) is 12.5. The van der Waals surface area contributed by atoms with Gasteiger partial charge in [0, 0.05) is 23.7 Å². The number of alkyl halides is 2. The van der Waals surface area contributed by atoms with Crippen molar-refractivity contribution in [2.75, 3.05) is 13.2 Å². The summed E-state index contributed by atoms with van der Waals surface area (Å²) >= 11 is 5.90. The Labute approximate surface area is 128 Å². The summed E-state index contributed by atoms with van der Waals surface area (Å²) in [5, 5.41) is 13.0. The maximum absolute atomic E-state index is 12.4. The minimum absolute atomic E-state index is 0.145. The lowest BCUT2D eigenvalue weighted by molar-refractivity contribution is -0.0505. The standard InChI is InChI=1S/C15H20ClF2NO2/c16-13-4-5-14(21-15(17)18)12(6-13)8-19-7-10-2-1-3-11(10)9-20/h4-6,10-11,15,19-20H,1-3,7-9H2. The zero-order chi connectivity index (χ0) is 15.2. The van der Waals surface area contributed by atoms with Crippen LogP contribution in [0.15, 0.2) is 18.2 Å². The lowest BCUT2D eigenvalue weighted by Gasteiger charge is -2.18. The Bertz CT molecular complexity index is 459. The SMILES string of the molecule is OCC1CCCC1CNCc1cc(Cl)ccc1OC(F)F. The molecule has 3 nitrogen and oxygen atoms in total. The van der Waals surface area contributed by atoms with Gasteiger partial charge >= 0.3 is 6.61 Å². The summed E-state index contributed by atoms with van der Waals surface area (Å²) < 4.78 is 29.2. The van der Waals surface area contributed by atoms with Gasteiger partial charge in [0.1, 0.15) is 5.75 Å². The van der Waals surface area contributed by atoms with E-state index in [1.807, 2.05) is 0 Å². The van der Waals surface area contributed by atoms with Gasteiger partial charge in [-0.05, 0) is 49.4 Å². The first-order valence-electron chi connectivity index (χ1n) is 7.15. The van der Waals surface area contributed by atoms with Gasteiger partial charge in [0.25, 0.3) is 0 Å². The summed E-state index contributed by atoms with van der Waals surface area (Å²) in [5.74, 6) is 0.925. The maximum atomic E-state index is 12.4.